The summed E-state index contributed by atoms with van der Waals surface area (Å²) in [5.41, 5.74) is 3.23. The van der Waals surface area contributed by atoms with Crippen molar-refractivity contribution in [2.24, 2.45) is 0 Å². The maximum Gasteiger partial charge on any atom is 0.226 e. The van der Waals surface area contributed by atoms with Crippen LogP contribution in [0, 0.1) is 11.3 Å². The van der Waals surface area contributed by atoms with Crippen molar-refractivity contribution in [3.05, 3.63) is 77.6 Å². The third-order valence-corrected chi connectivity index (χ3v) is 7.13. The van der Waals surface area contributed by atoms with E-state index in [4.69, 9.17) is 4.74 Å². The van der Waals surface area contributed by atoms with E-state index >= 15 is 0 Å². The largest absolute Gasteiger partial charge is 0.456 e. The Hall–Kier alpha value is -4.22. The Balaban J connectivity index is 1.46. The maximum absolute atomic E-state index is 13.0. The molecule has 3 heterocycles. The van der Waals surface area contributed by atoms with Crippen molar-refractivity contribution in [1.29, 1.82) is 5.26 Å². The predicted molar refractivity (Wildman–Crippen MR) is 136 cm³/mol. The molecule has 6 bridgehead atoms. The standard InChI is InChI=1S/C28H27N5O3/c1-31-16-21-12-27(34)30-24-9-10-33(28(24)35)25-4-2-3-19-7-8-22(13-23(19)25)36-26-11-18(15-32(21)17-31)5-6-20(26)14-29/h2-8,11,13,16,24,28,35H,9-10,12,15,17H2,1H3,(H,30,34). The molecule has 1 saturated heterocycles. The number of benzene rings is 3. The lowest BCUT2D eigenvalue weighted by atomic mass is 10.1. The number of nitrogens with zero attached hydrogens (tertiary/aromatic N) is 4. The normalized spacial score (nSPS) is 21.5. The molecule has 6 rings (SSSR count). The number of fused-ring (bicyclic) bond motifs is 7. The Labute approximate surface area is 209 Å². The van der Waals surface area contributed by atoms with Crippen LogP contribution in [-0.2, 0) is 11.3 Å². The number of nitriles is 1. The van der Waals surface area contributed by atoms with Gasteiger partial charge in [-0.05, 0) is 47.7 Å². The summed E-state index contributed by atoms with van der Waals surface area (Å²) < 4.78 is 6.27. The Morgan fingerprint density at radius 1 is 1.17 bits per heavy atom. The zero-order valence-electron chi connectivity index (χ0n) is 20.0. The number of nitrogens with one attached hydrogen (secondary N) is 1. The molecule has 36 heavy (non-hydrogen) atoms. The van der Waals surface area contributed by atoms with E-state index < -0.39 is 6.23 Å². The van der Waals surface area contributed by atoms with Gasteiger partial charge in [0.1, 0.15) is 23.8 Å². The Morgan fingerprint density at radius 3 is 2.92 bits per heavy atom. The number of hydrogen-bond donors (Lipinski definition) is 2. The van der Waals surface area contributed by atoms with E-state index in [0.29, 0.717) is 43.2 Å². The van der Waals surface area contributed by atoms with E-state index in [-0.39, 0.29) is 18.4 Å². The first-order valence-electron chi connectivity index (χ1n) is 12.1. The van der Waals surface area contributed by atoms with Crippen molar-refractivity contribution in [3.8, 4) is 17.6 Å². The van der Waals surface area contributed by atoms with Crippen LogP contribution >= 0.6 is 0 Å². The molecule has 3 aliphatic rings. The van der Waals surface area contributed by atoms with Gasteiger partial charge in [0.25, 0.3) is 0 Å². The molecule has 3 aromatic carbocycles. The van der Waals surface area contributed by atoms with Gasteiger partial charge in [-0.2, -0.15) is 5.26 Å². The Kier molecular flexibility index (Phi) is 5.42. The summed E-state index contributed by atoms with van der Waals surface area (Å²) in [5, 5.41) is 25.9. The first-order chi connectivity index (χ1) is 17.5. The summed E-state index contributed by atoms with van der Waals surface area (Å²) in [5.74, 6) is 1.00. The number of carbonyl (C=O) groups excluding carboxylic acids is 1. The molecule has 8 nitrogen and oxygen atoms in total. The average molecular weight is 482 g/mol. The summed E-state index contributed by atoms with van der Waals surface area (Å²) in [6.45, 7) is 1.85. The maximum atomic E-state index is 13.0. The topological polar surface area (TPSA) is 92.1 Å². The van der Waals surface area contributed by atoms with Gasteiger partial charge in [-0.25, -0.2) is 0 Å². The number of hydrogen-bond acceptors (Lipinski definition) is 7. The Bertz CT molecular complexity index is 1430. The van der Waals surface area contributed by atoms with Crippen LogP contribution in [0.1, 0.15) is 24.0 Å². The smallest absolute Gasteiger partial charge is 0.226 e. The number of aliphatic hydroxyl groups is 1. The molecular weight excluding hydrogens is 454 g/mol. The lowest BCUT2D eigenvalue weighted by molar-refractivity contribution is -0.122. The van der Waals surface area contributed by atoms with E-state index in [1.54, 1.807) is 6.07 Å². The molecule has 8 heteroatoms. The van der Waals surface area contributed by atoms with Crippen LogP contribution in [0.3, 0.4) is 0 Å². The first kappa shape index (κ1) is 22.3. The van der Waals surface area contributed by atoms with Crippen molar-refractivity contribution in [1.82, 2.24) is 15.1 Å². The summed E-state index contributed by atoms with van der Waals surface area (Å²) in [6, 6.07) is 19.3. The molecule has 2 unspecified atom stereocenters. The molecular formula is C28H27N5O3. The Morgan fingerprint density at radius 2 is 2.06 bits per heavy atom. The fourth-order valence-corrected chi connectivity index (χ4v) is 5.39. The van der Waals surface area contributed by atoms with Gasteiger partial charge < -0.3 is 29.9 Å². The minimum absolute atomic E-state index is 0.110. The molecule has 3 aromatic rings. The van der Waals surface area contributed by atoms with Gasteiger partial charge >= 0.3 is 0 Å². The summed E-state index contributed by atoms with van der Waals surface area (Å²) in [7, 11) is 1.98. The zero-order valence-corrected chi connectivity index (χ0v) is 20.0. The summed E-state index contributed by atoms with van der Waals surface area (Å²) in [6.07, 6.45) is 2.02. The average Bonchev–Trinajstić information content (AvgIpc) is 3.39. The number of ether oxygens (including phenoxy) is 1. The van der Waals surface area contributed by atoms with Crippen molar-refractivity contribution >= 4 is 22.4 Å². The molecule has 0 aliphatic carbocycles. The molecule has 0 spiro atoms. The third-order valence-electron chi connectivity index (χ3n) is 7.13. The highest BCUT2D eigenvalue weighted by Crippen LogP contribution is 2.36. The monoisotopic (exact) mass is 481 g/mol. The van der Waals surface area contributed by atoms with Crippen molar-refractivity contribution in [2.45, 2.75) is 31.7 Å². The molecule has 0 radical (unpaired) electrons. The van der Waals surface area contributed by atoms with Crippen LogP contribution in [0.4, 0.5) is 5.69 Å². The van der Waals surface area contributed by atoms with Crippen LogP contribution < -0.4 is 15.0 Å². The van der Waals surface area contributed by atoms with E-state index in [0.717, 1.165) is 27.7 Å². The second kappa shape index (κ2) is 8.77. The highest BCUT2D eigenvalue weighted by Gasteiger charge is 2.35. The molecule has 182 valence electrons. The number of anilines is 1. The molecule has 3 aliphatic heterocycles. The van der Waals surface area contributed by atoms with Gasteiger partial charge in [0.2, 0.25) is 5.91 Å². The van der Waals surface area contributed by atoms with Crippen LogP contribution in [0.15, 0.2) is 66.5 Å². The van der Waals surface area contributed by atoms with E-state index in [9.17, 15) is 15.2 Å². The van der Waals surface area contributed by atoms with E-state index in [1.165, 1.54) is 0 Å². The highest BCUT2D eigenvalue weighted by molar-refractivity contribution is 5.95. The number of amides is 1. The molecule has 2 N–H and O–H groups in total. The van der Waals surface area contributed by atoms with Crippen LogP contribution in [0.25, 0.3) is 10.8 Å². The lowest BCUT2D eigenvalue weighted by Gasteiger charge is -2.27. The third kappa shape index (κ3) is 3.97. The van der Waals surface area contributed by atoms with E-state index in [1.807, 2.05) is 71.6 Å². The fraction of sp³-hybridized carbons (Fsp3) is 0.286. The molecule has 2 atom stereocenters. The predicted octanol–water partition coefficient (Wildman–Crippen LogP) is 3.47. The summed E-state index contributed by atoms with van der Waals surface area (Å²) in [4.78, 5) is 19.1. The second-order valence-electron chi connectivity index (χ2n) is 9.67. The number of aliphatic hydroxyl groups excluding tert-OH is 1. The minimum atomic E-state index is -0.837. The second-order valence-corrected chi connectivity index (χ2v) is 9.67. The van der Waals surface area contributed by atoms with Crippen molar-refractivity contribution in [3.63, 3.8) is 0 Å². The van der Waals surface area contributed by atoms with Gasteiger partial charge in [-0.1, -0.05) is 24.3 Å². The first-order valence-corrected chi connectivity index (χ1v) is 12.1. The molecule has 0 aromatic heterocycles. The fourth-order valence-electron chi connectivity index (χ4n) is 5.39. The van der Waals surface area contributed by atoms with Gasteiger partial charge in [-0.15, -0.1) is 0 Å². The lowest BCUT2D eigenvalue weighted by Crippen LogP contribution is -2.45. The quantitative estimate of drug-likeness (QED) is 0.508. The van der Waals surface area contributed by atoms with Crippen molar-refractivity contribution in [2.75, 3.05) is 25.2 Å². The number of rotatable bonds is 0. The van der Waals surface area contributed by atoms with Crippen LogP contribution in [0.5, 0.6) is 11.5 Å². The van der Waals surface area contributed by atoms with E-state index in [2.05, 4.69) is 16.3 Å². The van der Waals surface area contributed by atoms with Gasteiger partial charge in [0.15, 0.2) is 0 Å². The van der Waals surface area contributed by atoms with Crippen LogP contribution in [0.2, 0.25) is 0 Å². The SMILES string of the molecule is CN1C=C2CC(=O)NC3CCN(c4cccc5ccc(cc45)Oc4cc(ccc4C#N)CN2C1)C3O. The van der Waals surface area contributed by atoms with Gasteiger partial charge in [0, 0.05) is 43.1 Å². The molecule has 1 amide bonds. The van der Waals surface area contributed by atoms with Crippen molar-refractivity contribution < 1.29 is 14.6 Å². The molecule has 0 saturated carbocycles. The van der Waals surface area contributed by atoms with Gasteiger partial charge in [0.05, 0.1) is 24.7 Å². The summed E-state index contributed by atoms with van der Waals surface area (Å²) >= 11 is 0. The number of carbonyl (C=O) groups is 1. The van der Waals surface area contributed by atoms with Gasteiger partial charge in [-0.3, -0.25) is 4.79 Å². The minimum Gasteiger partial charge on any atom is -0.456 e. The molecule has 1 fully saturated rings. The van der Waals surface area contributed by atoms with Crippen LogP contribution in [-0.4, -0.2) is 53.3 Å². The highest BCUT2D eigenvalue weighted by atomic mass is 16.5. The zero-order chi connectivity index (χ0) is 24.8.